The number of nitrogens with zero attached hydrogens (tertiary/aromatic N) is 2. The van der Waals surface area contributed by atoms with Crippen LogP contribution in [0.3, 0.4) is 0 Å². The molecule has 2 fully saturated rings. The van der Waals surface area contributed by atoms with Gasteiger partial charge in [-0.25, -0.2) is 0 Å². The monoisotopic (exact) mass is 566 g/mol. The van der Waals surface area contributed by atoms with Gasteiger partial charge in [-0.2, -0.15) is 0 Å². The Kier molecular flexibility index (Phi) is 7.96. The maximum atomic E-state index is 14.9. The van der Waals surface area contributed by atoms with Crippen LogP contribution < -0.4 is 4.90 Å². The summed E-state index contributed by atoms with van der Waals surface area (Å²) in [6.45, 7) is 10.5. The average molecular weight is 567 g/mol. The van der Waals surface area contributed by atoms with Crippen molar-refractivity contribution in [2.75, 3.05) is 24.7 Å². The molecule has 0 radical (unpaired) electrons. The van der Waals surface area contributed by atoms with Gasteiger partial charge in [0, 0.05) is 17.0 Å². The van der Waals surface area contributed by atoms with Crippen molar-refractivity contribution in [2.45, 2.75) is 81.9 Å². The van der Waals surface area contributed by atoms with Crippen LogP contribution in [0.15, 0.2) is 42.5 Å². The quantitative estimate of drug-likeness (QED) is 0.415. The van der Waals surface area contributed by atoms with E-state index in [4.69, 9.17) is 4.74 Å². The number of aryl methyl sites for hydroxylation is 2. The van der Waals surface area contributed by atoms with E-state index in [2.05, 4.69) is 12.2 Å². The topological polar surface area (TPSA) is 87.2 Å². The molecule has 1 spiro atoms. The van der Waals surface area contributed by atoms with Crippen molar-refractivity contribution in [2.24, 2.45) is 17.8 Å². The van der Waals surface area contributed by atoms with Gasteiger partial charge in [0.15, 0.2) is 0 Å². The molecule has 216 valence electrons. The number of hydrogen-bond acceptors (Lipinski definition) is 6. The number of aliphatic hydroxyl groups is 1. The largest absolute Gasteiger partial charge is 0.465 e. The Bertz CT molecular complexity index is 1230. The lowest BCUT2D eigenvalue weighted by Gasteiger charge is -2.41. The third-order valence-electron chi connectivity index (χ3n) is 9.49. The van der Waals surface area contributed by atoms with Crippen molar-refractivity contribution in [1.29, 1.82) is 0 Å². The maximum absolute atomic E-state index is 14.9. The van der Waals surface area contributed by atoms with Gasteiger partial charge in [0.2, 0.25) is 5.91 Å². The summed E-state index contributed by atoms with van der Waals surface area (Å²) in [6, 6.07) is 4.56. The Balaban J connectivity index is 1.71. The van der Waals surface area contributed by atoms with Crippen LogP contribution >= 0.6 is 11.8 Å². The highest BCUT2D eigenvalue weighted by molar-refractivity contribution is 8.02. The van der Waals surface area contributed by atoms with Gasteiger partial charge in [-0.05, 0) is 57.1 Å². The van der Waals surface area contributed by atoms with Crippen LogP contribution in [0.2, 0.25) is 0 Å². The molecule has 40 heavy (non-hydrogen) atoms. The lowest BCUT2D eigenvalue weighted by Crippen LogP contribution is -2.58. The van der Waals surface area contributed by atoms with Crippen LogP contribution in [0.4, 0.5) is 5.69 Å². The van der Waals surface area contributed by atoms with Crippen LogP contribution in [-0.4, -0.2) is 69.1 Å². The number of aliphatic hydroxyl groups excluding tert-OH is 1. The van der Waals surface area contributed by atoms with E-state index in [1.54, 1.807) is 21.6 Å². The first-order chi connectivity index (χ1) is 19.1. The van der Waals surface area contributed by atoms with Gasteiger partial charge in [0.05, 0.1) is 35.8 Å². The van der Waals surface area contributed by atoms with Gasteiger partial charge < -0.3 is 19.6 Å². The van der Waals surface area contributed by atoms with E-state index >= 15 is 0 Å². The second-order valence-corrected chi connectivity index (χ2v) is 13.8. The van der Waals surface area contributed by atoms with Gasteiger partial charge in [0.25, 0.3) is 5.91 Å². The number of fused-ring (bicyclic) bond motifs is 2. The molecule has 0 bridgehead atoms. The maximum Gasteiger partial charge on any atom is 0.311 e. The first-order valence-electron chi connectivity index (χ1n) is 14.6. The summed E-state index contributed by atoms with van der Waals surface area (Å²) >= 11 is 1.55. The highest BCUT2D eigenvalue weighted by atomic mass is 32.2. The van der Waals surface area contributed by atoms with Gasteiger partial charge in [-0.1, -0.05) is 62.8 Å². The fraction of sp³-hybridized carbons (Fsp3) is 0.594. The highest BCUT2D eigenvalue weighted by Gasteiger charge is 2.74. The second kappa shape index (κ2) is 11.0. The van der Waals surface area contributed by atoms with E-state index in [1.165, 1.54) is 0 Å². The third-order valence-corrected chi connectivity index (χ3v) is 11.3. The summed E-state index contributed by atoms with van der Waals surface area (Å²) in [5.41, 5.74) is 2.82. The lowest BCUT2D eigenvalue weighted by molar-refractivity contribution is -0.155. The van der Waals surface area contributed by atoms with Gasteiger partial charge >= 0.3 is 5.97 Å². The van der Waals surface area contributed by atoms with E-state index in [0.29, 0.717) is 13.2 Å². The minimum atomic E-state index is -0.975. The number of para-hydroxylation sites is 1. The number of likely N-dealkylation sites (tertiary alicyclic amines) is 1. The first-order valence-corrected chi connectivity index (χ1v) is 15.5. The van der Waals surface area contributed by atoms with Crippen molar-refractivity contribution in [3.05, 3.63) is 53.6 Å². The number of benzene rings is 1. The summed E-state index contributed by atoms with van der Waals surface area (Å²) in [4.78, 5) is 46.7. The summed E-state index contributed by atoms with van der Waals surface area (Å²) in [6.07, 6.45) is 11.5. The Labute approximate surface area is 242 Å². The molecule has 4 heterocycles. The molecule has 1 unspecified atom stereocenters. The van der Waals surface area contributed by atoms with Crippen molar-refractivity contribution < 1.29 is 24.2 Å². The number of cyclic esters (lactones) is 1. The van der Waals surface area contributed by atoms with E-state index in [9.17, 15) is 19.5 Å². The summed E-state index contributed by atoms with van der Waals surface area (Å²) in [7, 11) is 0. The fourth-order valence-electron chi connectivity index (χ4n) is 7.34. The first kappa shape index (κ1) is 28.9. The van der Waals surface area contributed by atoms with E-state index in [0.717, 1.165) is 42.5 Å². The lowest BCUT2D eigenvalue weighted by atomic mass is 9.74. The van der Waals surface area contributed by atoms with Crippen LogP contribution in [0.5, 0.6) is 0 Å². The molecular weight excluding hydrogens is 524 g/mol. The number of carbonyl (C=O) groups is 3. The smallest absolute Gasteiger partial charge is 0.311 e. The number of ether oxygens (including phenoxy) is 1. The molecule has 0 saturated carbocycles. The van der Waals surface area contributed by atoms with Crippen LogP contribution in [-0.2, 0) is 19.1 Å². The van der Waals surface area contributed by atoms with Crippen LogP contribution in [0.1, 0.15) is 57.6 Å². The molecule has 2 saturated heterocycles. The van der Waals surface area contributed by atoms with Crippen molar-refractivity contribution in [3.8, 4) is 0 Å². The summed E-state index contributed by atoms with van der Waals surface area (Å²) in [5.74, 6) is -2.34. The summed E-state index contributed by atoms with van der Waals surface area (Å²) < 4.78 is 4.08. The van der Waals surface area contributed by atoms with Crippen molar-refractivity contribution in [3.63, 3.8) is 0 Å². The van der Waals surface area contributed by atoms with Gasteiger partial charge in [0.1, 0.15) is 6.04 Å². The SMILES string of the molecule is CC[C@H](C)[C@H](CO)N1C(=O)[C@@H]2[C@H]3C(=O)OCCCC/C=C\[C@@]3(C)S[C@@]23C=CCN(c2c(C)cccc2C)C(=O)C13. The van der Waals surface area contributed by atoms with Crippen LogP contribution in [0.25, 0.3) is 0 Å². The zero-order valence-electron chi connectivity index (χ0n) is 24.3. The number of rotatable bonds is 5. The molecule has 0 aromatic heterocycles. The minimum absolute atomic E-state index is 0.0363. The molecule has 5 rings (SSSR count). The molecule has 1 aromatic rings. The molecule has 0 aliphatic carbocycles. The Morgan fingerprint density at radius 2 is 1.80 bits per heavy atom. The number of carbonyl (C=O) groups excluding carboxylic acids is 3. The normalized spacial score (nSPS) is 34.5. The van der Waals surface area contributed by atoms with E-state index < -0.39 is 33.4 Å². The molecule has 2 amide bonds. The fourth-order valence-corrected chi connectivity index (χ4v) is 9.48. The Morgan fingerprint density at radius 1 is 1.07 bits per heavy atom. The number of amides is 2. The van der Waals surface area contributed by atoms with E-state index in [-0.39, 0.29) is 30.3 Å². The molecule has 8 heteroatoms. The van der Waals surface area contributed by atoms with Crippen molar-refractivity contribution >= 4 is 35.2 Å². The molecule has 7 nitrogen and oxygen atoms in total. The number of thioether (sulfide) groups is 1. The number of hydrogen-bond donors (Lipinski definition) is 1. The zero-order valence-corrected chi connectivity index (χ0v) is 25.1. The molecule has 4 aliphatic heterocycles. The Morgan fingerprint density at radius 3 is 2.48 bits per heavy atom. The average Bonchev–Trinajstić information content (AvgIpc) is 3.25. The molecule has 4 aliphatic rings. The van der Waals surface area contributed by atoms with Crippen molar-refractivity contribution in [1.82, 2.24) is 4.90 Å². The molecular formula is C32H42N2O5S. The number of allylic oxidation sites excluding steroid dienone is 1. The van der Waals surface area contributed by atoms with Gasteiger partial charge in [-0.15, -0.1) is 11.8 Å². The third kappa shape index (κ3) is 4.42. The van der Waals surface area contributed by atoms with Crippen LogP contribution in [0, 0.1) is 31.6 Å². The zero-order chi connectivity index (χ0) is 28.8. The predicted molar refractivity (Wildman–Crippen MR) is 158 cm³/mol. The standard InChI is InChI=1S/C32H42N2O5S/c1-6-20(2)23(19-35)34-27-29(37)33(26-21(3)13-11-14-22(26)4)17-12-16-32(27)24(28(34)36)25-30(38)39-18-10-8-7-9-15-31(25,5)40-32/h9,11-16,20,23-25,27,35H,6-8,10,17-19H2,1-5H3/b15-9-/t20-,23-,24-,25-,27?,31+,32-/m0/s1. The molecule has 1 aromatic carbocycles. The van der Waals surface area contributed by atoms with E-state index in [1.807, 2.05) is 65.0 Å². The van der Waals surface area contributed by atoms with Gasteiger partial charge in [-0.3, -0.25) is 14.4 Å². The number of esters is 1. The highest BCUT2D eigenvalue weighted by Crippen LogP contribution is 2.65. The minimum Gasteiger partial charge on any atom is -0.465 e. The molecule has 7 atom stereocenters. The predicted octanol–water partition coefficient (Wildman–Crippen LogP) is 4.58. The summed E-state index contributed by atoms with van der Waals surface area (Å²) in [5, 5.41) is 10.6. The Hall–Kier alpha value is -2.58. The second-order valence-electron chi connectivity index (χ2n) is 12.0. The molecule has 1 N–H and O–H groups in total. The number of anilines is 1.